The Morgan fingerprint density at radius 3 is 2.61 bits per heavy atom. The highest BCUT2D eigenvalue weighted by Crippen LogP contribution is 2.39. The van der Waals surface area contributed by atoms with Crippen molar-refractivity contribution in [2.45, 2.75) is 25.7 Å². The number of aryl methyl sites for hydroxylation is 1. The van der Waals surface area contributed by atoms with E-state index in [-0.39, 0.29) is 18.6 Å². The largest absolute Gasteiger partial charge is 0.454 e. The second-order valence-electron chi connectivity index (χ2n) is 9.15. The average molecular weight is 501 g/mol. The lowest BCUT2D eigenvalue weighted by atomic mass is 9.95. The summed E-state index contributed by atoms with van der Waals surface area (Å²) in [7, 11) is 0. The number of aromatic amines is 1. The van der Waals surface area contributed by atoms with Gasteiger partial charge in [0, 0.05) is 40.9 Å². The molecule has 2 aromatic carbocycles. The molecule has 1 saturated heterocycles. The predicted molar refractivity (Wildman–Crippen MR) is 137 cm³/mol. The number of imidazole rings is 1. The number of halogens is 1. The first-order valence-electron chi connectivity index (χ1n) is 12.0. The molecule has 7 nitrogen and oxygen atoms in total. The third kappa shape index (κ3) is 4.31. The summed E-state index contributed by atoms with van der Waals surface area (Å²) in [5.41, 5.74) is 5.05. The number of ether oxygens (including phenoxy) is 2. The third-order valence-electron chi connectivity index (χ3n) is 6.75. The fourth-order valence-electron chi connectivity index (χ4n) is 4.87. The van der Waals surface area contributed by atoms with Gasteiger partial charge in [0.05, 0.1) is 17.1 Å². The molecule has 1 fully saturated rings. The molecule has 0 spiro atoms. The molecular formula is C28H25ClN4O3. The van der Waals surface area contributed by atoms with Crippen LogP contribution in [0.2, 0.25) is 5.02 Å². The van der Waals surface area contributed by atoms with Crippen molar-refractivity contribution in [1.29, 1.82) is 0 Å². The van der Waals surface area contributed by atoms with Crippen molar-refractivity contribution in [3.63, 3.8) is 0 Å². The van der Waals surface area contributed by atoms with Gasteiger partial charge in [0.15, 0.2) is 11.5 Å². The zero-order valence-corrected chi connectivity index (χ0v) is 20.6. The zero-order chi connectivity index (χ0) is 24.6. The normalized spacial score (nSPS) is 15.3. The number of hydrogen-bond donors (Lipinski definition) is 1. The van der Waals surface area contributed by atoms with Crippen molar-refractivity contribution >= 4 is 17.5 Å². The van der Waals surface area contributed by atoms with Crippen LogP contribution < -0.4 is 9.47 Å². The van der Waals surface area contributed by atoms with Gasteiger partial charge in [0.2, 0.25) is 6.79 Å². The quantitative estimate of drug-likeness (QED) is 0.380. The first kappa shape index (κ1) is 22.6. The molecule has 0 aliphatic carbocycles. The minimum atomic E-state index is 0.0149. The van der Waals surface area contributed by atoms with Crippen LogP contribution in [0.1, 0.15) is 40.6 Å². The molecule has 8 heteroatoms. The number of nitrogens with zero attached hydrogens (tertiary/aromatic N) is 3. The van der Waals surface area contributed by atoms with Crippen molar-refractivity contribution in [3.05, 3.63) is 82.8 Å². The number of rotatable bonds is 4. The third-order valence-corrected chi connectivity index (χ3v) is 6.99. The molecule has 36 heavy (non-hydrogen) atoms. The maximum Gasteiger partial charge on any atom is 0.253 e. The summed E-state index contributed by atoms with van der Waals surface area (Å²) < 4.78 is 11.1. The van der Waals surface area contributed by atoms with E-state index in [0.717, 1.165) is 52.8 Å². The topological polar surface area (TPSA) is 80.3 Å². The Labute approximate surface area is 214 Å². The first-order chi connectivity index (χ1) is 17.5. The highest BCUT2D eigenvalue weighted by molar-refractivity contribution is 6.30. The number of hydrogen-bond acceptors (Lipinski definition) is 5. The van der Waals surface area contributed by atoms with Gasteiger partial charge < -0.3 is 19.4 Å². The SMILES string of the molecule is Cc1cccc(-c2[nH]c(C3CCN(C(=O)c4cccc(Cl)c4)CC3)nc2-c2ccc3c(c2)OCO3)n1. The maximum absolute atomic E-state index is 13.0. The Morgan fingerprint density at radius 2 is 1.81 bits per heavy atom. The van der Waals surface area contributed by atoms with Crippen molar-refractivity contribution in [3.8, 4) is 34.1 Å². The van der Waals surface area contributed by atoms with E-state index in [1.807, 2.05) is 60.4 Å². The van der Waals surface area contributed by atoms with Gasteiger partial charge in [0.1, 0.15) is 5.82 Å². The van der Waals surface area contributed by atoms with E-state index >= 15 is 0 Å². The standard InChI is InChI=1S/C28H25ClN4O3/c1-17-4-2-7-22(30-17)26-25(19-8-9-23-24(15-19)36-16-35-23)31-27(32-26)18-10-12-33(13-11-18)28(34)20-5-3-6-21(29)14-20/h2-9,14-15,18H,10-13,16H2,1H3,(H,31,32). The Kier molecular flexibility index (Phi) is 5.85. The van der Waals surface area contributed by atoms with E-state index < -0.39 is 0 Å². The van der Waals surface area contributed by atoms with Crippen LogP contribution in [-0.4, -0.2) is 45.6 Å². The molecule has 1 amide bonds. The lowest BCUT2D eigenvalue weighted by Gasteiger charge is -2.31. The van der Waals surface area contributed by atoms with Crippen LogP contribution in [0.3, 0.4) is 0 Å². The number of carbonyl (C=O) groups excluding carboxylic acids is 1. The van der Waals surface area contributed by atoms with E-state index in [4.69, 9.17) is 31.0 Å². The number of fused-ring (bicyclic) bond motifs is 1. The van der Waals surface area contributed by atoms with E-state index in [0.29, 0.717) is 29.4 Å². The average Bonchev–Trinajstić information content (AvgIpc) is 3.55. The van der Waals surface area contributed by atoms with Gasteiger partial charge in [0.25, 0.3) is 5.91 Å². The van der Waals surface area contributed by atoms with E-state index in [9.17, 15) is 4.79 Å². The van der Waals surface area contributed by atoms with Gasteiger partial charge in [-0.25, -0.2) is 4.98 Å². The molecular weight excluding hydrogens is 476 g/mol. The molecule has 0 bridgehead atoms. The van der Waals surface area contributed by atoms with Gasteiger partial charge in [-0.15, -0.1) is 0 Å². The Balaban J connectivity index is 1.28. The van der Waals surface area contributed by atoms with Crippen LogP contribution in [-0.2, 0) is 0 Å². The number of pyridine rings is 1. The van der Waals surface area contributed by atoms with Crippen molar-refractivity contribution < 1.29 is 14.3 Å². The molecule has 0 saturated carbocycles. The van der Waals surface area contributed by atoms with Crippen LogP contribution in [0.5, 0.6) is 11.5 Å². The summed E-state index contributed by atoms with van der Waals surface area (Å²) in [4.78, 5) is 28.2. The number of benzene rings is 2. The summed E-state index contributed by atoms with van der Waals surface area (Å²) in [6.07, 6.45) is 1.64. The molecule has 0 radical (unpaired) electrons. The number of piperidine rings is 1. The smallest absolute Gasteiger partial charge is 0.253 e. The molecule has 2 aromatic heterocycles. The lowest BCUT2D eigenvalue weighted by Crippen LogP contribution is -2.38. The Morgan fingerprint density at radius 1 is 1.00 bits per heavy atom. The number of aromatic nitrogens is 3. The monoisotopic (exact) mass is 500 g/mol. The van der Waals surface area contributed by atoms with Gasteiger partial charge in [-0.1, -0.05) is 23.7 Å². The van der Waals surface area contributed by atoms with Crippen LogP contribution in [0.25, 0.3) is 22.6 Å². The van der Waals surface area contributed by atoms with Crippen molar-refractivity contribution in [1.82, 2.24) is 19.9 Å². The summed E-state index contributed by atoms with van der Waals surface area (Å²) in [5, 5.41) is 0.569. The second-order valence-corrected chi connectivity index (χ2v) is 9.59. The fraction of sp³-hybridized carbons (Fsp3) is 0.250. The van der Waals surface area contributed by atoms with Crippen LogP contribution in [0.4, 0.5) is 0 Å². The number of likely N-dealkylation sites (tertiary alicyclic amines) is 1. The number of amides is 1. The van der Waals surface area contributed by atoms with Crippen molar-refractivity contribution in [2.75, 3.05) is 19.9 Å². The van der Waals surface area contributed by atoms with Crippen LogP contribution in [0, 0.1) is 6.92 Å². The van der Waals surface area contributed by atoms with E-state index in [2.05, 4.69) is 4.98 Å². The fourth-order valence-corrected chi connectivity index (χ4v) is 5.06. The van der Waals surface area contributed by atoms with Crippen molar-refractivity contribution in [2.24, 2.45) is 0 Å². The molecule has 182 valence electrons. The molecule has 2 aliphatic rings. The molecule has 4 heterocycles. The number of H-pyrrole nitrogens is 1. The summed E-state index contributed by atoms with van der Waals surface area (Å²) in [6, 6.07) is 19.0. The molecule has 1 N–H and O–H groups in total. The lowest BCUT2D eigenvalue weighted by molar-refractivity contribution is 0.0711. The number of nitrogens with one attached hydrogen (secondary N) is 1. The Hall–Kier alpha value is -3.84. The summed E-state index contributed by atoms with van der Waals surface area (Å²) >= 11 is 6.09. The van der Waals surface area contributed by atoms with Gasteiger partial charge in [-0.3, -0.25) is 9.78 Å². The minimum Gasteiger partial charge on any atom is -0.454 e. The summed E-state index contributed by atoms with van der Waals surface area (Å²) in [5.74, 6) is 2.59. The number of carbonyl (C=O) groups is 1. The maximum atomic E-state index is 13.0. The van der Waals surface area contributed by atoms with Crippen LogP contribution in [0.15, 0.2) is 60.7 Å². The van der Waals surface area contributed by atoms with Crippen LogP contribution >= 0.6 is 11.6 Å². The minimum absolute atomic E-state index is 0.0149. The molecule has 2 aliphatic heterocycles. The predicted octanol–water partition coefficient (Wildman–Crippen LogP) is 5.85. The molecule has 0 atom stereocenters. The molecule has 6 rings (SSSR count). The Bertz CT molecular complexity index is 1440. The summed E-state index contributed by atoms with van der Waals surface area (Å²) in [6.45, 7) is 3.53. The molecule has 0 unspecified atom stereocenters. The highest BCUT2D eigenvalue weighted by Gasteiger charge is 2.28. The highest BCUT2D eigenvalue weighted by atomic mass is 35.5. The van der Waals surface area contributed by atoms with Gasteiger partial charge in [-0.05, 0) is 68.3 Å². The van der Waals surface area contributed by atoms with E-state index in [1.165, 1.54) is 0 Å². The van der Waals surface area contributed by atoms with E-state index in [1.54, 1.807) is 12.1 Å². The zero-order valence-electron chi connectivity index (χ0n) is 19.8. The van der Waals surface area contributed by atoms with Gasteiger partial charge in [-0.2, -0.15) is 0 Å². The van der Waals surface area contributed by atoms with Gasteiger partial charge >= 0.3 is 0 Å². The molecule has 4 aromatic rings. The first-order valence-corrected chi connectivity index (χ1v) is 12.4. The second kappa shape index (κ2) is 9.32.